The van der Waals surface area contributed by atoms with E-state index in [4.69, 9.17) is 9.47 Å². The maximum Gasteiger partial charge on any atom is 0.410 e. The number of ether oxygens (including phenoxy) is 2. The molecule has 0 radical (unpaired) electrons. The van der Waals surface area contributed by atoms with Gasteiger partial charge in [0.1, 0.15) is 16.9 Å². The Kier molecular flexibility index (Phi) is 8.63. The van der Waals surface area contributed by atoms with Crippen molar-refractivity contribution in [3.05, 3.63) is 33.9 Å². The molecule has 1 aromatic carbocycles. The molecule has 220 valence electrons. The van der Waals surface area contributed by atoms with E-state index in [9.17, 15) is 14.4 Å². The molecule has 1 aliphatic carbocycles. The Labute approximate surface area is 235 Å². The van der Waals surface area contributed by atoms with Crippen LogP contribution < -0.4 is 20.4 Å². The number of fused-ring (bicyclic) bond motifs is 1. The van der Waals surface area contributed by atoms with E-state index >= 15 is 4.39 Å². The number of rotatable bonds is 8. The average molecular weight is 560 g/mol. The third kappa shape index (κ3) is 6.35. The zero-order valence-electron chi connectivity index (χ0n) is 24.7. The number of piperazine rings is 1. The van der Waals surface area contributed by atoms with Crippen LogP contribution >= 0.6 is 0 Å². The minimum Gasteiger partial charge on any atom is -0.492 e. The van der Waals surface area contributed by atoms with E-state index in [1.807, 2.05) is 56.2 Å². The maximum atomic E-state index is 15.9. The largest absolute Gasteiger partial charge is 0.492 e. The highest BCUT2D eigenvalue weighted by atomic mass is 19.1. The Hall–Kier alpha value is -3.34. The van der Waals surface area contributed by atoms with Crippen LogP contribution in [-0.4, -0.2) is 91.9 Å². The second kappa shape index (κ2) is 11.6. The molecule has 11 heteroatoms. The Morgan fingerprint density at radius 3 is 2.48 bits per heavy atom. The van der Waals surface area contributed by atoms with E-state index in [2.05, 4.69) is 5.32 Å². The Morgan fingerprint density at radius 1 is 1.20 bits per heavy atom. The van der Waals surface area contributed by atoms with Crippen LogP contribution in [-0.2, 0) is 4.74 Å². The number of amides is 2. The average Bonchev–Trinajstić information content (AvgIpc) is 3.70. The standard InChI is InChI=1S/C29H42FN5O5/c1-18-16-33(13-14-34(18)28(38)40-29(2,3)4)24-22(30)15-20-23(26(24)39-7)35(19-9-10-19)17-21(25(20)36)27(37)31-11-8-12-32(5)6/h15,17-19H,8-14,16H2,1-7H3,(H,31,37). The quantitative estimate of drug-likeness (QED) is 0.494. The molecule has 0 bridgehead atoms. The van der Waals surface area contributed by atoms with Crippen LogP contribution in [0.4, 0.5) is 14.9 Å². The number of methoxy groups -OCH3 is 1. The van der Waals surface area contributed by atoms with Crippen molar-refractivity contribution in [2.45, 2.75) is 64.6 Å². The van der Waals surface area contributed by atoms with E-state index < -0.39 is 28.8 Å². The molecule has 1 unspecified atom stereocenters. The molecule has 2 fully saturated rings. The summed E-state index contributed by atoms with van der Waals surface area (Å²) in [6, 6.07) is 1.08. The Morgan fingerprint density at radius 2 is 1.90 bits per heavy atom. The summed E-state index contributed by atoms with van der Waals surface area (Å²) >= 11 is 0. The van der Waals surface area contributed by atoms with Gasteiger partial charge in [0.05, 0.1) is 18.0 Å². The molecule has 2 aromatic rings. The van der Waals surface area contributed by atoms with Crippen LogP contribution in [0.25, 0.3) is 10.9 Å². The first-order valence-corrected chi connectivity index (χ1v) is 13.9. The van der Waals surface area contributed by atoms with Crippen molar-refractivity contribution in [1.29, 1.82) is 0 Å². The number of carbonyl (C=O) groups excluding carboxylic acids is 2. The van der Waals surface area contributed by atoms with Gasteiger partial charge >= 0.3 is 6.09 Å². The first-order valence-electron chi connectivity index (χ1n) is 13.9. The smallest absolute Gasteiger partial charge is 0.410 e. The van der Waals surface area contributed by atoms with E-state index in [-0.39, 0.29) is 34.5 Å². The molecule has 0 spiro atoms. The summed E-state index contributed by atoms with van der Waals surface area (Å²) in [5, 5.41) is 2.95. The first-order chi connectivity index (χ1) is 18.8. The molecule has 1 saturated heterocycles. The number of benzene rings is 1. The van der Waals surface area contributed by atoms with E-state index in [1.54, 1.807) is 11.1 Å². The highest BCUT2D eigenvalue weighted by molar-refractivity contribution is 6.00. The lowest BCUT2D eigenvalue weighted by molar-refractivity contribution is 0.0158. The number of pyridine rings is 1. The number of halogens is 1. The van der Waals surface area contributed by atoms with Crippen molar-refractivity contribution >= 4 is 28.6 Å². The van der Waals surface area contributed by atoms with Gasteiger partial charge in [-0.25, -0.2) is 9.18 Å². The second-order valence-corrected chi connectivity index (χ2v) is 12.0. The van der Waals surface area contributed by atoms with Crippen LogP contribution in [0.5, 0.6) is 5.75 Å². The molecule has 2 aliphatic rings. The molecule has 1 saturated carbocycles. The number of hydrogen-bond donors (Lipinski definition) is 1. The van der Waals surface area contributed by atoms with Gasteiger partial charge in [-0.05, 0) is 73.7 Å². The van der Waals surface area contributed by atoms with E-state index in [0.29, 0.717) is 31.7 Å². The molecule has 1 N–H and O–H groups in total. The topological polar surface area (TPSA) is 96.3 Å². The SMILES string of the molecule is COc1c(N2CCN(C(=O)OC(C)(C)C)C(C)C2)c(F)cc2c(=O)c(C(=O)NCCCN(C)C)cn(C3CC3)c12. The number of nitrogens with one attached hydrogen (secondary N) is 1. The minimum atomic E-state index is -0.615. The zero-order valence-corrected chi connectivity index (χ0v) is 24.7. The highest BCUT2D eigenvalue weighted by Gasteiger charge is 2.35. The van der Waals surface area contributed by atoms with Crippen molar-refractivity contribution < 1.29 is 23.5 Å². The van der Waals surface area contributed by atoms with Crippen molar-refractivity contribution in [3.63, 3.8) is 0 Å². The molecule has 2 amide bonds. The summed E-state index contributed by atoms with van der Waals surface area (Å²) in [5.74, 6) is -0.810. The lowest BCUT2D eigenvalue weighted by Crippen LogP contribution is -2.55. The summed E-state index contributed by atoms with van der Waals surface area (Å²) in [6.45, 7) is 9.66. The van der Waals surface area contributed by atoms with Crippen LogP contribution in [0, 0.1) is 5.82 Å². The highest BCUT2D eigenvalue weighted by Crippen LogP contribution is 2.44. The Balaban J connectivity index is 1.69. The fourth-order valence-corrected chi connectivity index (χ4v) is 5.18. The normalized spacial score (nSPS) is 17.9. The molecule has 1 atom stereocenters. The van der Waals surface area contributed by atoms with Gasteiger partial charge < -0.3 is 34.1 Å². The molecule has 10 nitrogen and oxygen atoms in total. The third-order valence-electron chi connectivity index (χ3n) is 7.23. The summed E-state index contributed by atoms with van der Waals surface area (Å²) in [5.41, 5.74) is -0.407. The van der Waals surface area contributed by atoms with Crippen LogP contribution in [0.1, 0.15) is 63.4 Å². The van der Waals surface area contributed by atoms with Gasteiger partial charge in [-0.15, -0.1) is 0 Å². The van der Waals surface area contributed by atoms with Crippen LogP contribution in [0.15, 0.2) is 17.1 Å². The molecular formula is C29H42FN5O5. The predicted molar refractivity (Wildman–Crippen MR) is 153 cm³/mol. The predicted octanol–water partition coefficient (Wildman–Crippen LogP) is 3.61. The van der Waals surface area contributed by atoms with Gasteiger partial charge in [-0.1, -0.05) is 0 Å². The van der Waals surface area contributed by atoms with Gasteiger partial charge in [0, 0.05) is 44.5 Å². The zero-order chi connectivity index (χ0) is 29.4. The summed E-state index contributed by atoms with van der Waals surface area (Å²) < 4.78 is 29.1. The molecule has 4 rings (SSSR count). The summed E-state index contributed by atoms with van der Waals surface area (Å²) in [7, 11) is 5.37. The number of nitrogens with zero attached hydrogens (tertiary/aromatic N) is 4. The van der Waals surface area contributed by atoms with Gasteiger partial charge in [-0.2, -0.15) is 0 Å². The summed E-state index contributed by atoms with van der Waals surface area (Å²) in [4.78, 5) is 44.8. The van der Waals surface area contributed by atoms with E-state index in [1.165, 1.54) is 13.2 Å². The second-order valence-electron chi connectivity index (χ2n) is 12.0. The molecule has 40 heavy (non-hydrogen) atoms. The van der Waals surface area contributed by atoms with Crippen LogP contribution in [0.2, 0.25) is 0 Å². The van der Waals surface area contributed by atoms with Crippen molar-refractivity contribution in [2.24, 2.45) is 0 Å². The number of carbonyl (C=O) groups is 2. The van der Waals surface area contributed by atoms with Gasteiger partial charge in [-0.3, -0.25) is 9.59 Å². The fraction of sp³-hybridized carbons (Fsp3) is 0.621. The fourth-order valence-electron chi connectivity index (χ4n) is 5.18. The minimum absolute atomic E-state index is 0.00180. The van der Waals surface area contributed by atoms with Gasteiger partial charge in [0.2, 0.25) is 5.43 Å². The van der Waals surface area contributed by atoms with Crippen LogP contribution in [0.3, 0.4) is 0 Å². The maximum absolute atomic E-state index is 15.9. The molecular weight excluding hydrogens is 517 g/mol. The number of anilines is 1. The van der Waals surface area contributed by atoms with Crippen molar-refractivity contribution in [1.82, 2.24) is 19.7 Å². The lowest BCUT2D eigenvalue weighted by Gasteiger charge is -2.41. The number of hydrogen-bond acceptors (Lipinski definition) is 7. The van der Waals surface area contributed by atoms with Gasteiger partial charge in [0.15, 0.2) is 11.6 Å². The lowest BCUT2D eigenvalue weighted by atomic mass is 10.1. The summed E-state index contributed by atoms with van der Waals surface area (Å²) in [6.07, 6.45) is 3.72. The Bertz CT molecular complexity index is 1330. The third-order valence-corrected chi connectivity index (χ3v) is 7.23. The monoisotopic (exact) mass is 559 g/mol. The number of aromatic nitrogens is 1. The van der Waals surface area contributed by atoms with E-state index in [0.717, 1.165) is 25.8 Å². The van der Waals surface area contributed by atoms with Crippen molar-refractivity contribution in [3.8, 4) is 5.75 Å². The van der Waals surface area contributed by atoms with Gasteiger partial charge in [0.25, 0.3) is 5.91 Å². The van der Waals surface area contributed by atoms with Crippen molar-refractivity contribution in [2.75, 3.05) is 58.8 Å². The first kappa shape index (κ1) is 29.6. The molecule has 1 aliphatic heterocycles. The molecule has 2 heterocycles. The molecule has 1 aromatic heterocycles.